The van der Waals surface area contributed by atoms with E-state index < -0.39 is 0 Å². The van der Waals surface area contributed by atoms with E-state index in [1.54, 1.807) is 5.56 Å². The fraction of sp³-hybridized carbons (Fsp3) is 0.778. The molecule has 4 aliphatic rings. The Labute approximate surface area is 194 Å². The van der Waals surface area contributed by atoms with Crippen LogP contribution in [-0.4, -0.2) is 80.0 Å². The highest BCUT2D eigenvalue weighted by Gasteiger charge is 2.42. The number of morpholine rings is 1. The summed E-state index contributed by atoms with van der Waals surface area (Å²) < 4.78 is 5.58. The maximum Gasteiger partial charge on any atom is 0.0642 e. The molecule has 2 saturated heterocycles. The van der Waals surface area contributed by atoms with Gasteiger partial charge in [0.15, 0.2) is 0 Å². The van der Waals surface area contributed by atoms with Crippen LogP contribution < -0.4 is 4.90 Å². The summed E-state index contributed by atoms with van der Waals surface area (Å²) in [6.07, 6.45) is 9.00. The summed E-state index contributed by atoms with van der Waals surface area (Å²) in [5.41, 5.74) is 4.44. The second-order valence-corrected chi connectivity index (χ2v) is 10.9. The number of nitrogens with zero attached hydrogens (tertiary/aromatic N) is 3. The molecule has 0 aromatic heterocycles. The minimum absolute atomic E-state index is 0.254. The van der Waals surface area contributed by atoms with E-state index in [1.807, 2.05) is 6.92 Å². The van der Waals surface area contributed by atoms with Gasteiger partial charge in [0.25, 0.3) is 0 Å². The van der Waals surface area contributed by atoms with Gasteiger partial charge in [-0.1, -0.05) is 25.3 Å². The molecule has 32 heavy (non-hydrogen) atoms. The summed E-state index contributed by atoms with van der Waals surface area (Å²) in [7, 11) is 2.33. The third-order valence-electron chi connectivity index (χ3n) is 8.83. The molecule has 0 spiro atoms. The topological polar surface area (TPSA) is 39.2 Å². The van der Waals surface area contributed by atoms with Crippen LogP contribution in [0, 0.1) is 11.8 Å². The molecule has 1 aromatic rings. The predicted octanol–water partition coefficient (Wildman–Crippen LogP) is 3.70. The molecule has 0 unspecified atom stereocenters. The van der Waals surface area contributed by atoms with Crippen LogP contribution in [0.4, 0.5) is 5.69 Å². The minimum Gasteiger partial charge on any atom is -0.393 e. The molecule has 0 bridgehead atoms. The van der Waals surface area contributed by atoms with Gasteiger partial charge in [0.1, 0.15) is 0 Å². The first-order chi connectivity index (χ1) is 15.6. The first kappa shape index (κ1) is 22.6. The highest BCUT2D eigenvalue weighted by atomic mass is 16.5. The standard InChI is InChI=1S/C27H43N3O2/c1-20(31)25-19-30-11-10-22-8-9-23(29-12-14-32-15-13-29)16-24(22)27(30)17-26(25)28(2)18-21-6-4-3-5-7-21/h8-9,16,20-21,25-27,31H,3-7,10-15,17-19H2,1-2H3/t20-,25-,26-,27-/m0/s1. The van der Waals surface area contributed by atoms with E-state index in [2.05, 4.69) is 39.9 Å². The Morgan fingerprint density at radius 2 is 1.91 bits per heavy atom. The van der Waals surface area contributed by atoms with Crippen LogP contribution in [0.1, 0.15) is 62.6 Å². The smallest absolute Gasteiger partial charge is 0.0642 e. The molecule has 5 heteroatoms. The molecular weight excluding hydrogens is 398 g/mol. The van der Waals surface area contributed by atoms with E-state index in [4.69, 9.17) is 4.74 Å². The number of fused-ring (bicyclic) bond motifs is 3. The number of anilines is 1. The summed E-state index contributed by atoms with van der Waals surface area (Å²) in [5.74, 6) is 1.18. The molecule has 178 valence electrons. The van der Waals surface area contributed by atoms with E-state index in [9.17, 15) is 5.11 Å². The fourth-order valence-electron chi connectivity index (χ4n) is 6.94. The summed E-state index contributed by atoms with van der Waals surface area (Å²) in [6, 6.07) is 8.13. The molecule has 5 rings (SSSR count). The van der Waals surface area contributed by atoms with Crippen LogP contribution in [0.3, 0.4) is 0 Å². The number of hydrogen-bond donors (Lipinski definition) is 1. The summed E-state index contributed by atoms with van der Waals surface area (Å²) in [4.78, 5) is 7.79. The van der Waals surface area contributed by atoms with Crippen molar-refractivity contribution in [3.05, 3.63) is 29.3 Å². The highest BCUT2D eigenvalue weighted by molar-refractivity contribution is 5.53. The average molecular weight is 442 g/mol. The molecule has 1 N–H and O–H groups in total. The first-order valence-corrected chi connectivity index (χ1v) is 13.2. The lowest BCUT2D eigenvalue weighted by Crippen LogP contribution is -2.56. The van der Waals surface area contributed by atoms with Crippen molar-refractivity contribution in [2.45, 2.75) is 70.1 Å². The van der Waals surface area contributed by atoms with Crippen molar-refractivity contribution >= 4 is 5.69 Å². The molecule has 4 atom stereocenters. The van der Waals surface area contributed by atoms with E-state index in [-0.39, 0.29) is 6.10 Å². The molecule has 5 nitrogen and oxygen atoms in total. The number of benzene rings is 1. The predicted molar refractivity (Wildman–Crippen MR) is 130 cm³/mol. The quantitative estimate of drug-likeness (QED) is 0.754. The second-order valence-electron chi connectivity index (χ2n) is 10.9. The van der Waals surface area contributed by atoms with Gasteiger partial charge in [-0.15, -0.1) is 0 Å². The Morgan fingerprint density at radius 1 is 1.12 bits per heavy atom. The molecule has 0 amide bonds. The van der Waals surface area contributed by atoms with Gasteiger partial charge in [-0.25, -0.2) is 0 Å². The van der Waals surface area contributed by atoms with Crippen LogP contribution >= 0.6 is 0 Å². The van der Waals surface area contributed by atoms with Crippen LogP contribution in [0.2, 0.25) is 0 Å². The van der Waals surface area contributed by atoms with E-state index in [0.717, 1.165) is 58.2 Å². The average Bonchev–Trinajstić information content (AvgIpc) is 2.84. The highest BCUT2D eigenvalue weighted by Crippen LogP contribution is 2.42. The third-order valence-corrected chi connectivity index (χ3v) is 8.83. The van der Waals surface area contributed by atoms with Crippen molar-refractivity contribution in [3.63, 3.8) is 0 Å². The van der Waals surface area contributed by atoms with E-state index in [0.29, 0.717) is 18.0 Å². The van der Waals surface area contributed by atoms with Crippen molar-refractivity contribution in [2.24, 2.45) is 11.8 Å². The molecule has 0 radical (unpaired) electrons. The van der Waals surface area contributed by atoms with Crippen LogP contribution in [0.25, 0.3) is 0 Å². The van der Waals surface area contributed by atoms with Gasteiger partial charge >= 0.3 is 0 Å². The lowest BCUT2D eigenvalue weighted by molar-refractivity contribution is -0.0330. The zero-order valence-electron chi connectivity index (χ0n) is 20.2. The molecule has 3 fully saturated rings. The summed E-state index contributed by atoms with van der Waals surface area (Å²) >= 11 is 0. The number of aliphatic hydroxyl groups excluding tert-OH is 1. The van der Waals surface area contributed by atoms with Crippen LogP contribution in [-0.2, 0) is 11.2 Å². The Bertz CT molecular complexity index is 757. The normalized spacial score (nSPS) is 30.8. The van der Waals surface area contributed by atoms with Gasteiger partial charge in [-0.05, 0) is 68.8 Å². The molecule has 1 saturated carbocycles. The minimum atomic E-state index is -0.254. The third kappa shape index (κ3) is 4.72. The zero-order chi connectivity index (χ0) is 22.1. The molecular formula is C27H43N3O2. The second kappa shape index (κ2) is 10.0. The number of ether oxygens (including phenoxy) is 1. The van der Waals surface area contributed by atoms with Gasteiger partial charge in [0.05, 0.1) is 19.3 Å². The SMILES string of the molecule is C[C@H](O)[C@@H]1CN2CCc3ccc(N4CCOCC4)cc3[C@@H]2C[C@@H]1N(C)CC1CCCCC1. The molecule has 3 aliphatic heterocycles. The van der Waals surface area contributed by atoms with Crippen LogP contribution in [0.5, 0.6) is 0 Å². The van der Waals surface area contributed by atoms with Crippen molar-refractivity contribution in [3.8, 4) is 0 Å². The first-order valence-electron chi connectivity index (χ1n) is 13.2. The van der Waals surface area contributed by atoms with Gasteiger partial charge in [0.2, 0.25) is 0 Å². The van der Waals surface area contributed by atoms with Crippen molar-refractivity contribution in [1.82, 2.24) is 9.80 Å². The van der Waals surface area contributed by atoms with Crippen molar-refractivity contribution in [1.29, 1.82) is 0 Å². The maximum atomic E-state index is 10.7. The van der Waals surface area contributed by atoms with Gasteiger partial charge < -0.3 is 19.6 Å². The number of hydrogen-bond acceptors (Lipinski definition) is 5. The largest absolute Gasteiger partial charge is 0.393 e. The molecule has 1 aromatic carbocycles. The maximum absolute atomic E-state index is 10.7. The lowest BCUT2D eigenvalue weighted by Gasteiger charge is -2.51. The summed E-state index contributed by atoms with van der Waals surface area (Å²) in [6.45, 7) is 8.99. The van der Waals surface area contributed by atoms with Crippen molar-refractivity contribution in [2.75, 3.05) is 57.9 Å². The van der Waals surface area contributed by atoms with Gasteiger partial charge in [0, 0.05) is 56.4 Å². The zero-order valence-corrected chi connectivity index (χ0v) is 20.2. The molecule has 3 heterocycles. The number of piperidine rings is 1. The van der Waals surface area contributed by atoms with Crippen molar-refractivity contribution < 1.29 is 9.84 Å². The van der Waals surface area contributed by atoms with Gasteiger partial charge in [-0.2, -0.15) is 0 Å². The summed E-state index contributed by atoms with van der Waals surface area (Å²) in [5, 5.41) is 10.7. The molecule has 1 aliphatic carbocycles. The Balaban J connectivity index is 1.37. The monoisotopic (exact) mass is 441 g/mol. The Hall–Kier alpha value is -1.14. The van der Waals surface area contributed by atoms with E-state index >= 15 is 0 Å². The Kier molecular flexibility index (Phi) is 7.08. The van der Waals surface area contributed by atoms with Crippen LogP contribution in [0.15, 0.2) is 18.2 Å². The lowest BCUT2D eigenvalue weighted by atomic mass is 9.77. The number of rotatable bonds is 5. The fourth-order valence-corrected chi connectivity index (χ4v) is 6.94. The number of aliphatic hydroxyl groups is 1. The van der Waals surface area contributed by atoms with Gasteiger partial charge in [-0.3, -0.25) is 4.90 Å². The van der Waals surface area contributed by atoms with E-state index in [1.165, 1.54) is 49.9 Å². The Morgan fingerprint density at radius 3 is 2.66 bits per heavy atom.